The van der Waals surface area contributed by atoms with Crippen molar-refractivity contribution in [2.45, 2.75) is 12.8 Å². The van der Waals surface area contributed by atoms with Gasteiger partial charge in [0, 0.05) is 48.8 Å². The SMILES string of the molecule is O=C1c2ccccc2C(=O)c2c(NCCCO)ccc(NCCCO)c21. The van der Waals surface area contributed by atoms with Crippen molar-refractivity contribution in [2.75, 3.05) is 36.9 Å². The third-order valence-corrected chi connectivity index (χ3v) is 4.38. The molecule has 0 aromatic heterocycles. The van der Waals surface area contributed by atoms with Crippen LogP contribution >= 0.6 is 0 Å². The van der Waals surface area contributed by atoms with Crippen LogP contribution in [0.1, 0.15) is 44.7 Å². The van der Waals surface area contributed by atoms with E-state index in [1.807, 2.05) is 0 Å². The summed E-state index contributed by atoms with van der Waals surface area (Å²) in [6.07, 6.45) is 1.09. The first-order chi connectivity index (χ1) is 12.7. The number of carbonyl (C=O) groups excluding carboxylic acids is 2. The molecule has 6 heteroatoms. The van der Waals surface area contributed by atoms with Crippen LogP contribution in [0.15, 0.2) is 36.4 Å². The molecule has 0 unspecified atom stereocenters. The second kappa shape index (κ2) is 8.12. The highest BCUT2D eigenvalue weighted by Crippen LogP contribution is 2.36. The molecule has 1 aliphatic rings. The highest BCUT2D eigenvalue weighted by atomic mass is 16.3. The summed E-state index contributed by atoms with van der Waals surface area (Å²) in [4.78, 5) is 26.2. The van der Waals surface area contributed by atoms with Gasteiger partial charge in [-0.25, -0.2) is 0 Å². The monoisotopic (exact) mass is 354 g/mol. The number of nitrogens with one attached hydrogen (secondary N) is 2. The Labute approximate surface area is 151 Å². The quantitative estimate of drug-likeness (QED) is 0.462. The number of hydrogen-bond donors (Lipinski definition) is 4. The molecule has 6 nitrogen and oxygen atoms in total. The van der Waals surface area contributed by atoms with Gasteiger partial charge in [0.2, 0.25) is 0 Å². The Morgan fingerprint density at radius 3 is 1.50 bits per heavy atom. The van der Waals surface area contributed by atoms with Gasteiger partial charge in [-0.3, -0.25) is 9.59 Å². The summed E-state index contributed by atoms with van der Waals surface area (Å²) in [6.45, 7) is 1.10. The maximum Gasteiger partial charge on any atom is 0.196 e. The van der Waals surface area contributed by atoms with Crippen molar-refractivity contribution in [2.24, 2.45) is 0 Å². The fourth-order valence-corrected chi connectivity index (χ4v) is 3.12. The highest BCUT2D eigenvalue weighted by molar-refractivity contribution is 6.31. The van der Waals surface area contributed by atoms with Crippen molar-refractivity contribution >= 4 is 22.9 Å². The van der Waals surface area contributed by atoms with Gasteiger partial charge in [-0.05, 0) is 25.0 Å². The number of fused-ring (bicyclic) bond motifs is 2. The summed E-state index contributed by atoms with van der Waals surface area (Å²) in [5, 5.41) is 24.3. The lowest BCUT2D eigenvalue weighted by Crippen LogP contribution is -2.24. The first-order valence-electron chi connectivity index (χ1n) is 8.74. The largest absolute Gasteiger partial charge is 0.396 e. The third kappa shape index (κ3) is 3.34. The van der Waals surface area contributed by atoms with E-state index in [0.717, 1.165) is 0 Å². The lowest BCUT2D eigenvalue weighted by atomic mass is 9.82. The van der Waals surface area contributed by atoms with E-state index < -0.39 is 0 Å². The molecular formula is C20H22N2O4. The number of benzene rings is 2. The van der Waals surface area contributed by atoms with Crippen LogP contribution in [0.2, 0.25) is 0 Å². The Bertz CT molecular complexity index is 765. The maximum atomic E-state index is 13.1. The first-order valence-corrected chi connectivity index (χ1v) is 8.74. The van der Waals surface area contributed by atoms with Crippen LogP contribution in [0.3, 0.4) is 0 Å². The third-order valence-electron chi connectivity index (χ3n) is 4.38. The molecule has 4 N–H and O–H groups in total. The molecular weight excluding hydrogens is 332 g/mol. The lowest BCUT2D eigenvalue weighted by molar-refractivity contribution is 0.0980. The van der Waals surface area contributed by atoms with Crippen molar-refractivity contribution < 1.29 is 19.8 Å². The van der Waals surface area contributed by atoms with E-state index in [9.17, 15) is 9.59 Å². The Hall–Kier alpha value is -2.70. The zero-order valence-electron chi connectivity index (χ0n) is 14.4. The molecule has 0 spiro atoms. The zero-order chi connectivity index (χ0) is 18.5. The Morgan fingerprint density at radius 1 is 0.692 bits per heavy atom. The van der Waals surface area contributed by atoms with E-state index in [4.69, 9.17) is 10.2 Å². The van der Waals surface area contributed by atoms with Gasteiger partial charge in [0.05, 0.1) is 11.1 Å². The number of aliphatic hydroxyl groups excluding tert-OH is 2. The number of ketones is 2. The molecule has 136 valence electrons. The number of rotatable bonds is 8. The first kappa shape index (κ1) is 18.1. The topological polar surface area (TPSA) is 98.7 Å². The summed E-state index contributed by atoms with van der Waals surface area (Å²) in [5.41, 5.74) is 2.72. The molecule has 0 bridgehead atoms. The average Bonchev–Trinajstić information content (AvgIpc) is 2.67. The molecule has 2 aromatic carbocycles. The van der Waals surface area contributed by atoms with Gasteiger partial charge in [-0.2, -0.15) is 0 Å². The molecule has 1 aliphatic carbocycles. The summed E-state index contributed by atoms with van der Waals surface area (Å²) in [7, 11) is 0. The standard InChI is InChI=1S/C20H22N2O4/c23-11-3-9-21-15-7-8-16(22-10-4-12-24)18-17(15)19(25)13-5-1-2-6-14(13)20(18)26/h1-2,5-8,21-24H,3-4,9-12H2. The minimum absolute atomic E-state index is 0.0473. The second-order valence-electron chi connectivity index (χ2n) is 6.12. The zero-order valence-corrected chi connectivity index (χ0v) is 14.4. The van der Waals surface area contributed by atoms with Crippen molar-refractivity contribution in [1.29, 1.82) is 0 Å². The van der Waals surface area contributed by atoms with Gasteiger partial charge in [0.1, 0.15) is 0 Å². The van der Waals surface area contributed by atoms with E-state index in [-0.39, 0.29) is 24.8 Å². The molecule has 0 amide bonds. The molecule has 0 saturated heterocycles. The molecule has 0 fully saturated rings. The maximum absolute atomic E-state index is 13.1. The Morgan fingerprint density at radius 2 is 1.12 bits per heavy atom. The predicted octanol–water partition coefficient (Wildman–Crippen LogP) is 2.05. The van der Waals surface area contributed by atoms with Crippen molar-refractivity contribution in [3.63, 3.8) is 0 Å². The van der Waals surface area contributed by atoms with Crippen LogP contribution in [0.5, 0.6) is 0 Å². The van der Waals surface area contributed by atoms with Crippen LogP contribution in [0.4, 0.5) is 11.4 Å². The molecule has 0 saturated carbocycles. The van der Waals surface area contributed by atoms with E-state index in [1.54, 1.807) is 36.4 Å². The smallest absolute Gasteiger partial charge is 0.196 e. The van der Waals surface area contributed by atoms with Crippen LogP contribution in [-0.2, 0) is 0 Å². The van der Waals surface area contributed by atoms with Crippen molar-refractivity contribution in [3.8, 4) is 0 Å². The summed E-state index contributed by atoms with van der Waals surface area (Å²) < 4.78 is 0. The summed E-state index contributed by atoms with van der Waals surface area (Å²) in [6, 6.07) is 10.4. The van der Waals surface area contributed by atoms with Gasteiger partial charge in [0.15, 0.2) is 11.6 Å². The predicted molar refractivity (Wildman–Crippen MR) is 100 cm³/mol. The average molecular weight is 354 g/mol. The molecule has 26 heavy (non-hydrogen) atoms. The summed E-state index contributed by atoms with van der Waals surface area (Å²) >= 11 is 0. The second-order valence-corrected chi connectivity index (χ2v) is 6.12. The number of anilines is 2. The van der Waals surface area contributed by atoms with E-state index >= 15 is 0 Å². The van der Waals surface area contributed by atoms with Gasteiger partial charge in [0.25, 0.3) is 0 Å². The molecule has 0 atom stereocenters. The normalized spacial score (nSPS) is 12.5. The fraction of sp³-hybridized carbons (Fsp3) is 0.300. The fourth-order valence-electron chi connectivity index (χ4n) is 3.12. The van der Waals surface area contributed by atoms with Crippen molar-refractivity contribution in [1.82, 2.24) is 0 Å². The van der Waals surface area contributed by atoms with E-state index in [1.165, 1.54) is 0 Å². The van der Waals surface area contributed by atoms with E-state index in [0.29, 0.717) is 59.6 Å². The molecule has 2 aromatic rings. The highest BCUT2D eigenvalue weighted by Gasteiger charge is 2.33. The minimum Gasteiger partial charge on any atom is -0.396 e. The molecule has 0 heterocycles. The van der Waals surface area contributed by atoms with Gasteiger partial charge in [-0.15, -0.1) is 0 Å². The van der Waals surface area contributed by atoms with Crippen LogP contribution in [-0.4, -0.2) is 48.1 Å². The lowest BCUT2D eigenvalue weighted by Gasteiger charge is -2.24. The number of carbonyl (C=O) groups is 2. The Balaban J connectivity index is 2.07. The van der Waals surface area contributed by atoms with Gasteiger partial charge in [-0.1, -0.05) is 24.3 Å². The molecule has 0 aliphatic heterocycles. The van der Waals surface area contributed by atoms with Crippen LogP contribution in [0, 0.1) is 0 Å². The molecule has 3 rings (SSSR count). The minimum atomic E-state index is -0.187. The summed E-state index contributed by atoms with van der Waals surface area (Å²) in [5.74, 6) is -0.375. The Kier molecular flexibility index (Phi) is 5.65. The van der Waals surface area contributed by atoms with Gasteiger partial charge >= 0.3 is 0 Å². The van der Waals surface area contributed by atoms with Crippen molar-refractivity contribution in [3.05, 3.63) is 58.7 Å². The molecule has 0 radical (unpaired) electrons. The van der Waals surface area contributed by atoms with Gasteiger partial charge < -0.3 is 20.8 Å². The number of aliphatic hydroxyl groups is 2. The van der Waals surface area contributed by atoms with E-state index in [2.05, 4.69) is 10.6 Å². The van der Waals surface area contributed by atoms with Crippen LogP contribution in [0.25, 0.3) is 0 Å². The number of hydrogen-bond acceptors (Lipinski definition) is 6. The van der Waals surface area contributed by atoms with Crippen LogP contribution < -0.4 is 10.6 Å².